The summed E-state index contributed by atoms with van der Waals surface area (Å²) in [6, 6.07) is 15.5. The number of halogens is 1. The molecule has 0 saturated carbocycles. The van der Waals surface area contributed by atoms with E-state index in [1.54, 1.807) is 23.1 Å². The van der Waals surface area contributed by atoms with E-state index in [4.69, 9.17) is 9.72 Å². The third kappa shape index (κ3) is 3.95. The summed E-state index contributed by atoms with van der Waals surface area (Å²) in [6.07, 6.45) is 2.80. The zero-order valence-corrected chi connectivity index (χ0v) is 17.1. The van der Waals surface area contributed by atoms with Gasteiger partial charge in [0.15, 0.2) is 11.6 Å². The third-order valence-corrected chi connectivity index (χ3v) is 5.75. The molecule has 2 aromatic carbocycles. The number of carbonyl (C=O) groups excluding carboxylic acids is 1. The van der Waals surface area contributed by atoms with Crippen molar-refractivity contribution in [1.29, 1.82) is 0 Å². The molecule has 1 aromatic heterocycles. The minimum Gasteiger partial charge on any atom is -0.435 e. The molecular weight excluding hydrogens is 395 g/mol. The first-order valence-corrected chi connectivity index (χ1v) is 10.6. The van der Waals surface area contributed by atoms with Crippen LogP contribution in [-0.4, -0.2) is 40.4 Å². The predicted molar refractivity (Wildman–Crippen MR) is 115 cm³/mol. The molecule has 7 heteroatoms. The van der Waals surface area contributed by atoms with Crippen LogP contribution in [0.2, 0.25) is 0 Å². The third-order valence-electron chi connectivity index (χ3n) is 5.75. The molecule has 0 N–H and O–H groups in total. The average Bonchev–Trinajstić information content (AvgIpc) is 3.35. The molecular formula is C24H23FN4O2. The Kier molecular flexibility index (Phi) is 5.24. The fourth-order valence-electron chi connectivity index (χ4n) is 4.08. The monoisotopic (exact) mass is 418 g/mol. The van der Waals surface area contributed by atoms with E-state index in [9.17, 15) is 9.18 Å². The van der Waals surface area contributed by atoms with Crippen molar-refractivity contribution in [2.24, 2.45) is 0 Å². The predicted octanol–water partition coefficient (Wildman–Crippen LogP) is 4.21. The van der Waals surface area contributed by atoms with Crippen molar-refractivity contribution >= 4 is 11.9 Å². The molecule has 0 spiro atoms. The van der Waals surface area contributed by atoms with Crippen molar-refractivity contribution in [2.45, 2.75) is 25.8 Å². The van der Waals surface area contributed by atoms with Crippen LogP contribution in [-0.2, 0) is 13.0 Å². The lowest BCUT2D eigenvalue weighted by atomic mass is 10.1. The van der Waals surface area contributed by atoms with E-state index in [1.807, 2.05) is 30.3 Å². The summed E-state index contributed by atoms with van der Waals surface area (Å²) in [5.41, 5.74) is 2.24. The van der Waals surface area contributed by atoms with E-state index in [0.717, 1.165) is 37.2 Å². The van der Waals surface area contributed by atoms with Gasteiger partial charge in [0.2, 0.25) is 11.8 Å². The number of para-hydroxylation sites is 1. The number of nitrogens with zero attached hydrogens (tertiary/aromatic N) is 4. The number of hydrogen-bond acceptors (Lipinski definition) is 5. The van der Waals surface area contributed by atoms with Gasteiger partial charge >= 0.3 is 0 Å². The molecule has 5 rings (SSSR count). The van der Waals surface area contributed by atoms with Gasteiger partial charge in [0.05, 0.1) is 17.8 Å². The number of benzene rings is 2. The maximum Gasteiger partial charge on any atom is 0.254 e. The van der Waals surface area contributed by atoms with Gasteiger partial charge in [-0.2, -0.15) is 4.98 Å². The molecule has 0 bridgehead atoms. The molecule has 2 aliphatic heterocycles. The van der Waals surface area contributed by atoms with Gasteiger partial charge < -0.3 is 14.5 Å². The number of fused-ring (bicyclic) bond motifs is 1. The van der Waals surface area contributed by atoms with Gasteiger partial charge in [-0.3, -0.25) is 4.79 Å². The van der Waals surface area contributed by atoms with Crippen LogP contribution in [0.3, 0.4) is 0 Å². The Balaban J connectivity index is 1.50. The van der Waals surface area contributed by atoms with Crippen LogP contribution in [0.5, 0.6) is 11.6 Å². The largest absolute Gasteiger partial charge is 0.435 e. The van der Waals surface area contributed by atoms with Crippen LogP contribution in [0.4, 0.5) is 10.3 Å². The fourth-order valence-corrected chi connectivity index (χ4v) is 4.08. The molecule has 3 heterocycles. The highest BCUT2D eigenvalue weighted by molar-refractivity contribution is 5.94. The Labute approximate surface area is 180 Å². The summed E-state index contributed by atoms with van der Waals surface area (Å²) < 4.78 is 20.2. The van der Waals surface area contributed by atoms with Crippen LogP contribution < -0.4 is 9.64 Å². The Hall–Kier alpha value is -3.48. The summed E-state index contributed by atoms with van der Waals surface area (Å²) in [5, 5.41) is 0. The zero-order valence-electron chi connectivity index (χ0n) is 17.1. The first-order chi connectivity index (χ1) is 15.2. The van der Waals surface area contributed by atoms with Gasteiger partial charge in [0, 0.05) is 31.6 Å². The molecule has 1 fully saturated rings. The van der Waals surface area contributed by atoms with E-state index in [1.165, 1.54) is 6.07 Å². The molecule has 2 aliphatic rings. The van der Waals surface area contributed by atoms with Crippen molar-refractivity contribution in [1.82, 2.24) is 14.9 Å². The minimum atomic E-state index is -0.453. The topological polar surface area (TPSA) is 58.6 Å². The van der Waals surface area contributed by atoms with Crippen LogP contribution in [0.25, 0.3) is 0 Å². The summed E-state index contributed by atoms with van der Waals surface area (Å²) in [6.45, 7) is 2.69. The number of amides is 1. The number of hydrogen-bond donors (Lipinski definition) is 0. The Morgan fingerprint density at radius 2 is 1.68 bits per heavy atom. The molecule has 0 atom stereocenters. The molecule has 0 unspecified atom stereocenters. The second-order valence-electron chi connectivity index (χ2n) is 7.82. The standard InChI is InChI=1S/C24H23FN4O2/c25-19-10-4-5-11-21(19)31-22-18-16-29(23(30)17-8-2-1-3-9-17)15-12-20(18)26-24(27-22)28-13-6-7-14-28/h1-5,8-11H,6-7,12-16H2. The van der Waals surface area contributed by atoms with E-state index in [2.05, 4.69) is 9.88 Å². The highest BCUT2D eigenvalue weighted by Crippen LogP contribution is 2.33. The molecule has 31 heavy (non-hydrogen) atoms. The summed E-state index contributed by atoms with van der Waals surface area (Å²) in [7, 11) is 0. The smallest absolute Gasteiger partial charge is 0.254 e. The van der Waals surface area contributed by atoms with E-state index < -0.39 is 5.82 Å². The second kappa shape index (κ2) is 8.34. The summed E-state index contributed by atoms with van der Waals surface area (Å²) in [4.78, 5) is 26.3. The quantitative estimate of drug-likeness (QED) is 0.635. The van der Waals surface area contributed by atoms with Crippen molar-refractivity contribution in [3.05, 3.63) is 77.2 Å². The van der Waals surface area contributed by atoms with Crippen LogP contribution in [0, 0.1) is 5.82 Å². The summed E-state index contributed by atoms with van der Waals surface area (Å²) >= 11 is 0. The normalized spacial score (nSPS) is 15.6. The molecule has 0 aliphatic carbocycles. The van der Waals surface area contributed by atoms with Gasteiger partial charge in [-0.15, -0.1) is 0 Å². The van der Waals surface area contributed by atoms with Crippen molar-refractivity contribution < 1.29 is 13.9 Å². The van der Waals surface area contributed by atoms with Gasteiger partial charge in [-0.05, 0) is 37.1 Å². The highest BCUT2D eigenvalue weighted by Gasteiger charge is 2.29. The van der Waals surface area contributed by atoms with Crippen molar-refractivity contribution in [3.8, 4) is 11.6 Å². The van der Waals surface area contributed by atoms with E-state index in [0.29, 0.717) is 36.9 Å². The first-order valence-electron chi connectivity index (χ1n) is 10.6. The lowest BCUT2D eigenvalue weighted by Crippen LogP contribution is -2.37. The number of rotatable bonds is 4. The van der Waals surface area contributed by atoms with E-state index >= 15 is 0 Å². The maximum atomic E-state index is 14.3. The fraction of sp³-hybridized carbons (Fsp3) is 0.292. The molecule has 158 valence electrons. The Bertz CT molecular complexity index is 1100. The Morgan fingerprint density at radius 1 is 0.935 bits per heavy atom. The van der Waals surface area contributed by atoms with Gasteiger partial charge in [-0.1, -0.05) is 30.3 Å². The minimum absolute atomic E-state index is 0.0493. The Morgan fingerprint density at radius 3 is 2.45 bits per heavy atom. The highest BCUT2D eigenvalue weighted by atomic mass is 19.1. The molecule has 6 nitrogen and oxygen atoms in total. The molecule has 1 amide bonds. The second-order valence-corrected chi connectivity index (χ2v) is 7.82. The SMILES string of the molecule is O=C(c1ccccc1)N1CCc2nc(N3CCCC3)nc(Oc3ccccc3F)c2C1. The van der Waals surface area contributed by atoms with Crippen molar-refractivity contribution in [2.75, 3.05) is 24.5 Å². The lowest BCUT2D eigenvalue weighted by molar-refractivity contribution is 0.0732. The zero-order chi connectivity index (χ0) is 21.2. The first kappa shape index (κ1) is 19.5. The maximum absolute atomic E-state index is 14.3. The summed E-state index contributed by atoms with van der Waals surface area (Å²) in [5.74, 6) is 0.549. The average molecular weight is 418 g/mol. The van der Waals surface area contributed by atoms with Gasteiger partial charge in [0.1, 0.15) is 0 Å². The number of anilines is 1. The number of ether oxygens (including phenoxy) is 1. The molecule has 1 saturated heterocycles. The number of aromatic nitrogens is 2. The van der Waals surface area contributed by atoms with Crippen LogP contribution >= 0.6 is 0 Å². The van der Waals surface area contributed by atoms with Crippen molar-refractivity contribution in [3.63, 3.8) is 0 Å². The number of carbonyl (C=O) groups is 1. The lowest BCUT2D eigenvalue weighted by Gasteiger charge is -2.30. The van der Waals surface area contributed by atoms with Crippen LogP contribution in [0.15, 0.2) is 54.6 Å². The van der Waals surface area contributed by atoms with Gasteiger partial charge in [0.25, 0.3) is 5.91 Å². The molecule has 0 radical (unpaired) electrons. The molecule has 3 aromatic rings. The van der Waals surface area contributed by atoms with E-state index in [-0.39, 0.29) is 11.7 Å². The van der Waals surface area contributed by atoms with Crippen LogP contribution in [0.1, 0.15) is 34.5 Å². The van der Waals surface area contributed by atoms with Gasteiger partial charge in [-0.25, -0.2) is 9.37 Å².